The van der Waals surface area contributed by atoms with Crippen molar-refractivity contribution in [2.24, 2.45) is 0 Å². The highest BCUT2D eigenvalue weighted by Crippen LogP contribution is 2.28. The Kier molecular flexibility index (Phi) is 6.04. The van der Waals surface area contributed by atoms with E-state index in [1.165, 1.54) is 7.11 Å². The van der Waals surface area contributed by atoms with Gasteiger partial charge in [-0.1, -0.05) is 25.1 Å². The third-order valence-electron chi connectivity index (χ3n) is 4.74. The van der Waals surface area contributed by atoms with E-state index in [-0.39, 0.29) is 11.0 Å². The van der Waals surface area contributed by atoms with E-state index >= 15 is 0 Å². The van der Waals surface area contributed by atoms with Crippen LogP contribution in [0.25, 0.3) is 0 Å². The Morgan fingerprint density at radius 3 is 2.63 bits per heavy atom. The van der Waals surface area contributed by atoms with E-state index in [0.717, 1.165) is 30.8 Å². The van der Waals surface area contributed by atoms with Gasteiger partial charge < -0.3 is 9.47 Å². The van der Waals surface area contributed by atoms with Crippen molar-refractivity contribution in [2.45, 2.75) is 24.8 Å². The Bertz CT molecular complexity index is 881. The molecule has 27 heavy (non-hydrogen) atoms. The molecule has 0 radical (unpaired) electrons. The van der Waals surface area contributed by atoms with E-state index in [0.29, 0.717) is 18.0 Å². The molecule has 6 nitrogen and oxygen atoms in total. The summed E-state index contributed by atoms with van der Waals surface area (Å²) in [6.45, 7) is 7.53. The molecule has 1 heterocycles. The molecule has 1 aliphatic heterocycles. The Balaban J connectivity index is 1.76. The second kappa shape index (κ2) is 8.29. The molecule has 1 atom stereocenters. The van der Waals surface area contributed by atoms with Gasteiger partial charge >= 0.3 is 0 Å². The molecule has 7 heteroatoms. The summed E-state index contributed by atoms with van der Waals surface area (Å²) in [6, 6.07) is 12.4. The van der Waals surface area contributed by atoms with Crippen molar-refractivity contribution in [3.8, 4) is 5.75 Å². The Hall–Kier alpha value is -2.09. The van der Waals surface area contributed by atoms with Crippen LogP contribution in [0.15, 0.2) is 47.4 Å². The lowest BCUT2D eigenvalue weighted by atomic mass is 10.1. The summed E-state index contributed by atoms with van der Waals surface area (Å²) in [7, 11) is -2.27. The van der Waals surface area contributed by atoms with Crippen LogP contribution >= 0.6 is 0 Å². The van der Waals surface area contributed by atoms with Gasteiger partial charge in [0.05, 0.1) is 19.8 Å². The van der Waals surface area contributed by atoms with Crippen molar-refractivity contribution in [3.63, 3.8) is 0 Å². The topological polar surface area (TPSA) is 67.9 Å². The molecule has 0 aliphatic carbocycles. The van der Waals surface area contributed by atoms with Gasteiger partial charge in [-0.25, -0.2) is 8.42 Å². The average Bonchev–Trinajstić information content (AvgIpc) is 2.68. The first kappa shape index (κ1) is 19.7. The molecular weight excluding hydrogens is 364 g/mol. The summed E-state index contributed by atoms with van der Waals surface area (Å²) in [5.74, 6) is 0.328. The zero-order valence-electron chi connectivity index (χ0n) is 15.9. The molecule has 1 saturated heterocycles. The quantitative estimate of drug-likeness (QED) is 0.820. The minimum atomic E-state index is -3.74. The molecule has 2 aromatic carbocycles. The molecule has 1 aliphatic rings. The number of nitrogens with zero attached hydrogens (tertiary/aromatic N) is 1. The molecule has 1 fully saturated rings. The molecule has 3 rings (SSSR count). The number of sulfonamides is 1. The normalized spacial score (nSPS) is 18.3. The average molecular weight is 391 g/mol. The van der Waals surface area contributed by atoms with Crippen LogP contribution in [0.5, 0.6) is 5.75 Å². The van der Waals surface area contributed by atoms with E-state index < -0.39 is 10.0 Å². The monoisotopic (exact) mass is 390 g/mol. The van der Waals surface area contributed by atoms with Gasteiger partial charge in [-0.3, -0.25) is 9.62 Å². The minimum absolute atomic E-state index is 0.0153. The van der Waals surface area contributed by atoms with Gasteiger partial charge in [0.25, 0.3) is 10.0 Å². The molecule has 0 aromatic heterocycles. The number of aryl methyl sites for hydroxylation is 1. The maximum Gasteiger partial charge on any atom is 0.265 e. The fourth-order valence-electron chi connectivity index (χ4n) is 3.16. The van der Waals surface area contributed by atoms with E-state index in [4.69, 9.17) is 9.47 Å². The summed E-state index contributed by atoms with van der Waals surface area (Å²) >= 11 is 0. The van der Waals surface area contributed by atoms with Crippen LogP contribution in [0, 0.1) is 6.92 Å². The summed E-state index contributed by atoms with van der Waals surface area (Å²) < 4.78 is 39.2. The van der Waals surface area contributed by atoms with E-state index in [2.05, 4.69) is 16.5 Å². The summed E-state index contributed by atoms with van der Waals surface area (Å²) in [6.07, 6.45) is 0.0153. The molecule has 0 bridgehead atoms. The number of hydrogen-bond donors (Lipinski definition) is 1. The standard InChI is InChI=1S/C20H26N2O4S/c1-4-22-11-12-26-19(14-22)16-6-8-17(9-7-16)21-27(23,24)20-10-5-15(2)13-18(20)25-3/h5-10,13,19,21H,4,11-12,14H2,1-3H3. The predicted molar refractivity (Wildman–Crippen MR) is 106 cm³/mol. The van der Waals surface area contributed by atoms with Gasteiger partial charge in [-0.05, 0) is 48.9 Å². The second-order valence-corrected chi connectivity index (χ2v) is 8.29. The molecule has 0 amide bonds. The summed E-state index contributed by atoms with van der Waals surface area (Å²) in [5, 5.41) is 0. The number of ether oxygens (including phenoxy) is 2. The van der Waals surface area contributed by atoms with E-state index in [1.54, 1.807) is 30.3 Å². The van der Waals surface area contributed by atoms with Crippen molar-refractivity contribution >= 4 is 15.7 Å². The van der Waals surface area contributed by atoms with Gasteiger partial charge in [-0.15, -0.1) is 0 Å². The number of nitrogens with one attached hydrogen (secondary N) is 1. The molecule has 0 saturated carbocycles. The van der Waals surface area contributed by atoms with Crippen molar-refractivity contribution < 1.29 is 17.9 Å². The van der Waals surface area contributed by atoms with Crippen LogP contribution in [0.1, 0.15) is 24.2 Å². The largest absolute Gasteiger partial charge is 0.495 e. The summed E-state index contributed by atoms with van der Waals surface area (Å²) in [5.41, 5.74) is 2.48. The predicted octanol–water partition coefficient (Wildman–Crippen LogP) is 3.20. The number of methoxy groups -OCH3 is 1. The number of likely N-dealkylation sites (N-methyl/N-ethyl adjacent to an activating group) is 1. The second-order valence-electron chi connectivity index (χ2n) is 6.63. The molecule has 146 valence electrons. The fourth-order valence-corrected chi connectivity index (χ4v) is 4.37. The van der Waals surface area contributed by atoms with Crippen molar-refractivity contribution in [1.29, 1.82) is 0 Å². The SMILES string of the molecule is CCN1CCOC(c2ccc(NS(=O)(=O)c3ccc(C)cc3OC)cc2)C1. The minimum Gasteiger partial charge on any atom is -0.495 e. The number of morpholine rings is 1. The highest BCUT2D eigenvalue weighted by atomic mass is 32.2. The molecule has 2 aromatic rings. The Labute approximate surface area is 161 Å². The zero-order chi connectivity index (χ0) is 19.4. The molecule has 1 N–H and O–H groups in total. The summed E-state index contributed by atoms with van der Waals surface area (Å²) in [4.78, 5) is 2.46. The van der Waals surface area contributed by atoms with Crippen LogP contribution in [0.2, 0.25) is 0 Å². The first-order valence-electron chi connectivity index (χ1n) is 9.04. The van der Waals surface area contributed by atoms with Gasteiger partial charge in [0, 0.05) is 18.8 Å². The maximum atomic E-state index is 12.7. The first-order valence-corrected chi connectivity index (χ1v) is 10.5. The zero-order valence-corrected chi connectivity index (χ0v) is 16.8. The smallest absolute Gasteiger partial charge is 0.265 e. The highest BCUT2D eigenvalue weighted by Gasteiger charge is 2.22. The van der Waals surface area contributed by atoms with Gasteiger partial charge in [-0.2, -0.15) is 0 Å². The van der Waals surface area contributed by atoms with Crippen molar-refractivity contribution in [2.75, 3.05) is 38.1 Å². The maximum absolute atomic E-state index is 12.7. The van der Waals surface area contributed by atoms with E-state index in [9.17, 15) is 8.42 Å². The Morgan fingerprint density at radius 1 is 1.22 bits per heavy atom. The Morgan fingerprint density at radius 2 is 1.96 bits per heavy atom. The number of hydrogen-bond acceptors (Lipinski definition) is 5. The van der Waals surface area contributed by atoms with Crippen LogP contribution in [-0.4, -0.2) is 46.7 Å². The fraction of sp³-hybridized carbons (Fsp3) is 0.400. The molecule has 0 spiro atoms. The van der Waals surface area contributed by atoms with Gasteiger partial charge in [0.1, 0.15) is 10.6 Å². The third kappa shape index (κ3) is 4.61. The highest BCUT2D eigenvalue weighted by molar-refractivity contribution is 7.92. The molecule has 1 unspecified atom stereocenters. The van der Waals surface area contributed by atoms with Crippen LogP contribution in [0.4, 0.5) is 5.69 Å². The lowest BCUT2D eigenvalue weighted by Crippen LogP contribution is -2.38. The number of benzene rings is 2. The van der Waals surface area contributed by atoms with Crippen LogP contribution < -0.4 is 9.46 Å². The van der Waals surface area contributed by atoms with Crippen LogP contribution in [-0.2, 0) is 14.8 Å². The van der Waals surface area contributed by atoms with Crippen molar-refractivity contribution in [3.05, 3.63) is 53.6 Å². The molecular formula is C20H26N2O4S. The van der Waals surface area contributed by atoms with Crippen LogP contribution in [0.3, 0.4) is 0 Å². The lowest BCUT2D eigenvalue weighted by Gasteiger charge is -2.32. The van der Waals surface area contributed by atoms with Gasteiger partial charge in [0.15, 0.2) is 0 Å². The number of anilines is 1. The third-order valence-corrected chi connectivity index (χ3v) is 6.16. The van der Waals surface area contributed by atoms with Gasteiger partial charge in [0.2, 0.25) is 0 Å². The lowest BCUT2D eigenvalue weighted by molar-refractivity contribution is -0.0281. The van der Waals surface area contributed by atoms with Crippen molar-refractivity contribution in [1.82, 2.24) is 4.90 Å². The first-order chi connectivity index (χ1) is 12.9. The number of rotatable bonds is 6. The van der Waals surface area contributed by atoms with E-state index in [1.807, 2.05) is 19.1 Å².